The van der Waals surface area contributed by atoms with Crippen LogP contribution in [-0.4, -0.2) is 11.1 Å². The van der Waals surface area contributed by atoms with E-state index in [0.717, 1.165) is 0 Å². The van der Waals surface area contributed by atoms with Crippen LogP contribution in [0.2, 0.25) is 5.02 Å². The third-order valence-electron chi connectivity index (χ3n) is 2.33. The fraction of sp³-hybridized carbons (Fsp3) is 0.364. The molecule has 0 spiro atoms. The maximum atomic E-state index is 13.4. The average molecular weight is 310 g/mol. The molecule has 0 aliphatic heterocycles. The quantitative estimate of drug-likeness (QED) is 0.860. The van der Waals surface area contributed by atoms with Gasteiger partial charge in [0.15, 0.2) is 5.82 Å². The van der Waals surface area contributed by atoms with Crippen molar-refractivity contribution in [2.45, 2.75) is 20.3 Å². The van der Waals surface area contributed by atoms with Crippen molar-refractivity contribution in [3.8, 4) is 0 Å². The summed E-state index contributed by atoms with van der Waals surface area (Å²) in [6.45, 7) is 3.18. The van der Waals surface area contributed by atoms with Gasteiger partial charge in [0.25, 0.3) is 0 Å². The van der Waals surface area contributed by atoms with Crippen molar-refractivity contribution in [1.29, 1.82) is 0 Å². The molecule has 0 atom stereocenters. The molecule has 0 aliphatic rings. The van der Waals surface area contributed by atoms with E-state index in [1.165, 1.54) is 6.07 Å². The monoisotopic (exact) mass is 308 g/mol. The van der Waals surface area contributed by atoms with Gasteiger partial charge in [-0.2, -0.15) is 0 Å². The van der Waals surface area contributed by atoms with Crippen LogP contribution in [0.15, 0.2) is 16.6 Å². The van der Waals surface area contributed by atoms with Gasteiger partial charge >= 0.3 is 5.97 Å². The molecule has 1 rings (SSSR count). The average Bonchev–Trinajstić information content (AvgIpc) is 2.19. The maximum Gasteiger partial charge on any atom is 0.309 e. The molecule has 0 heterocycles. The lowest BCUT2D eigenvalue weighted by atomic mass is 9.86. The minimum atomic E-state index is -0.942. The summed E-state index contributed by atoms with van der Waals surface area (Å²) in [5.41, 5.74) is -0.350. The number of carboxylic acids is 1. The van der Waals surface area contributed by atoms with E-state index in [9.17, 15) is 9.18 Å². The van der Waals surface area contributed by atoms with Gasteiger partial charge in [0.1, 0.15) is 0 Å². The van der Waals surface area contributed by atoms with Crippen LogP contribution in [0.1, 0.15) is 19.4 Å². The number of benzene rings is 1. The number of carbonyl (C=O) groups is 1. The van der Waals surface area contributed by atoms with Crippen molar-refractivity contribution in [2.24, 2.45) is 5.41 Å². The summed E-state index contributed by atoms with van der Waals surface area (Å²) in [6, 6.07) is 3.05. The molecule has 0 saturated heterocycles. The Balaban J connectivity index is 3.08. The van der Waals surface area contributed by atoms with Crippen LogP contribution in [-0.2, 0) is 11.2 Å². The summed E-state index contributed by atoms with van der Waals surface area (Å²) in [5, 5.41) is 9.00. The number of aliphatic carboxylic acids is 1. The van der Waals surface area contributed by atoms with Gasteiger partial charge in [-0.1, -0.05) is 17.7 Å². The predicted molar refractivity (Wildman–Crippen MR) is 64.2 cm³/mol. The minimum absolute atomic E-state index is 0.0174. The van der Waals surface area contributed by atoms with Gasteiger partial charge in [-0.3, -0.25) is 4.79 Å². The van der Waals surface area contributed by atoms with E-state index in [1.54, 1.807) is 19.9 Å². The molecule has 0 aromatic heterocycles. The Morgan fingerprint density at radius 2 is 2.12 bits per heavy atom. The Bertz CT molecular complexity index is 432. The van der Waals surface area contributed by atoms with Crippen LogP contribution >= 0.6 is 27.5 Å². The van der Waals surface area contributed by atoms with E-state index in [2.05, 4.69) is 15.9 Å². The maximum absolute atomic E-state index is 13.4. The second-order valence-electron chi connectivity index (χ2n) is 4.20. The molecule has 5 heteroatoms. The Kier molecular flexibility index (Phi) is 3.97. The van der Waals surface area contributed by atoms with E-state index in [4.69, 9.17) is 16.7 Å². The highest BCUT2D eigenvalue weighted by Crippen LogP contribution is 2.31. The highest BCUT2D eigenvalue weighted by atomic mass is 79.9. The van der Waals surface area contributed by atoms with Gasteiger partial charge in [0.05, 0.1) is 14.9 Å². The molecule has 0 radical (unpaired) electrons. The Morgan fingerprint density at radius 3 is 2.62 bits per heavy atom. The smallest absolute Gasteiger partial charge is 0.309 e. The van der Waals surface area contributed by atoms with Crippen molar-refractivity contribution in [1.82, 2.24) is 0 Å². The molecule has 88 valence electrons. The number of hydrogen-bond acceptors (Lipinski definition) is 1. The van der Waals surface area contributed by atoms with Crippen LogP contribution in [0, 0.1) is 11.2 Å². The van der Waals surface area contributed by atoms with Gasteiger partial charge in [0.2, 0.25) is 0 Å². The molecule has 0 aliphatic carbocycles. The third kappa shape index (κ3) is 2.74. The predicted octanol–water partition coefficient (Wildman–Crippen LogP) is 3.89. The molecule has 0 unspecified atom stereocenters. The van der Waals surface area contributed by atoms with Crippen molar-refractivity contribution in [3.05, 3.63) is 33.0 Å². The molecule has 1 aromatic carbocycles. The highest BCUT2D eigenvalue weighted by molar-refractivity contribution is 9.10. The van der Waals surface area contributed by atoms with E-state index in [0.29, 0.717) is 5.56 Å². The standard InChI is InChI=1S/C11H11BrClFO2/c1-11(2,10(15)16)5-6-3-4-7(13)9(14)8(6)12/h3-4H,5H2,1-2H3,(H,15,16). The molecule has 2 nitrogen and oxygen atoms in total. The lowest BCUT2D eigenvalue weighted by Gasteiger charge is -2.20. The molecular weight excluding hydrogens is 298 g/mol. The van der Waals surface area contributed by atoms with Crippen LogP contribution in [0.4, 0.5) is 4.39 Å². The minimum Gasteiger partial charge on any atom is -0.481 e. The topological polar surface area (TPSA) is 37.3 Å². The molecule has 0 fully saturated rings. The van der Waals surface area contributed by atoms with Crippen molar-refractivity contribution in [3.63, 3.8) is 0 Å². The van der Waals surface area contributed by atoms with Crippen molar-refractivity contribution in [2.75, 3.05) is 0 Å². The van der Waals surface area contributed by atoms with E-state index in [1.807, 2.05) is 0 Å². The molecule has 1 N–H and O–H groups in total. The molecule has 0 amide bonds. The van der Waals surface area contributed by atoms with Crippen LogP contribution < -0.4 is 0 Å². The number of halogens is 3. The number of carboxylic acid groups (broad SMARTS) is 1. The Morgan fingerprint density at radius 1 is 1.56 bits per heavy atom. The summed E-state index contributed by atoms with van der Waals surface area (Å²) >= 11 is 8.68. The first-order valence-corrected chi connectivity index (χ1v) is 5.78. The van der Waals surface area contributed by atoms with Crippen LogP contribution in [0.3, 0.4) is 0 Å². The zero-order valence-corrected chi connectivity index (χ0v) is 11.2. The zero-order chi connectivity index (χ0) is 12.5. The van der Waals surface area contributed by atoms with Gasteiger partial charge < -0.3 is 5.11 Å². The normalized spacial score (nSPS) is 11.6. The van der Waals surface area contributed by atoms with Crippen molar-refractivity contribution >= 4 is 33.5 Å². The summed E-state index contributed by atoms with van der Waals surface area (Å²) in [5.74, 6) is -1.48. The van der Waals surface area contributed by atoms with Crippen molar-refractivity contribution < 1.29 is 14.3 Å². The van der Waals surface area contributed by atoms with Gasteiger partial charge in [-0.25, -0.2) is 4.39 Å². The Hall–Kier alpha value is -0.610. The molecule has 1 aromatic rings. The second-order valence-corrected chi connectivity index (χ2v) is 5.40. The molecule has 16 heavy (non-hydrogen) atoms. The number of hydrogen-bond donors (Lipinski definition) is 1. The van der Waals surface area contributed by atoms with E-state index in [-0.39, 0.29) is 15.9 Å². The summed E-state index contributed by atoms with van der Waals surface area (Å²) in [6.07, 6.45) is 0.233. The first-order chi connectivity index (χ1) is 7.25. The zero-order valence-electron chi connectivity index (χ0n) is 8.85. The van der Waals surface area contributed by atoms with E-state index >= 15 is 0 Å². The Labute approximate surface area is 107 Å². The summed E-state index contributed by atoms with van der Waals surface area (Å²) < 4.78 is 13.7. The van der Waals surface area contributed by atoms with E-state index < -0.39 is 17.2 Å². The lowest BCUT2D eigenvalue weighted by Crippen LogP contribution is -2.26. The second kappa shape index (κ2) is 4.72. The highest BCUT2D eigenvalue weighted by Gasteiger charge is 2.28. The van der Waals surface area contributed by atoms with Crippen LogP contribution in [0.25, 0.3) is 0 Å². The summed E-state index contributed by atoms with van der Waals surface area (Å²) in [7, 11) is 0. The van der Waals surface area contributed by atoms with Gasteiger partial charge in [0, 0.05) is 0 Å². The third-order valence-corrected chi connectivity index (χ3v) is 3.48. The van der Waals surface area contributed by atoms with Crippen LogP contribution in [0.5, 0.6) is 0 Å². The fourth-order valence-electron chi connectivity index (χ4n) is 1.25. The first kappa shape index (κ1) is 13.5. The molecular formula is C11H11BrClFO2. The number of rotatable bonds is 3. The fourth-order valence-corrected chi connectivity index (χ4v) is 2.01. The lowest BCUT2D eigenvalue weighted by molar-refractivity contribution is -0.146. The van der Waals surface area contributed by atoms with Gasteiger partial charge in [-0.05, 0) is 47.8 Å². The SMILES string of the molecule is CC(C)(Cc1ccc(Cl)c(F)c1Br)C(=O)O. The largest absolute Gasteiger partial charge is 0.481 e. The summed E-state index contributed by atoms with van der Waals surface area (Å²) in [4.78, 5) is 11.0. The molecule has 0 saturated carbocycles. The molecule has 0 bridgehead atoms. The van der Waals surface area contributed by atoms with Gasteiger partial charge in [-0.15, -0.1) is 0 Å². The first-order valence-electron chi connectivity index (χ1n) is 4.61.